The Morgan fingerprint density at radius 1 is 1.21 bits per heavy atom. The van der Waals surface area contributed by atoms with Gasteiger partial charge in [0.1, 0.15) is 0 Å². The molecule has 0 bridgehead atoms. The normalized spacial score (nSPS) is 12.2. The average molecular weight is 306 g/mol. The zero-order chi connectivity index (χ0) is 14.3. The predicted molar refractivity (Wildman–Crippen MR) is 77.4 cm³/mol. The van der Waals surface area contributed by atoms with E-state index < -0.39 is 10.0 Å². The van der Waals surface area contributed by atoms with Crippen LogP contribution in [0.1, 0.15) is 46.0 Å². The Morgan fingerprint density at radius 3 is 2.47 bits per heavy atom. The van der Waals surface area contributed by atoms with Gasteiger partial charge in [-0.1, -0.05) is 50.9 Å². The number of aromatic nitrogens is 2. The lowest BCUT2D eigenvalue weighted by Crippen LogP contribution is -2.24. The number of nitrogens with one attached hydrogen (secondary N) is 1. The van der Waals surface area contributed by atoms with Crippen molar-refractivity contribution >= 4 is 26.5 Å². The SMILES string of the molecule is CC(C)CCCCCCNS(=O)(=O)c1nnc(N)s1. The number of rotatable bonds is 9. The van der Waals surface area contributed by atoms with Gasteiger partial charge in [0.25, 0.3) is 10.0 Å². The molecule has 0 atom stereocenters. The minimum atomic E-state index is -3.53. The maximum atomic E-state index is 11.8. The third-order valence-corrected chi connectivity index (χ3v) is 5.23. The molecule has 0 radical (unpaired) electrons. The van der Waals surface area contributed by atoms with Crippen LogP contribution in [0.25, 0.3) is 0 Å². The highest BCUT2D eigenvalue weighted by Gasteiger charge is 2.18. The second-order valence-corrected chi connectivity index (χ2v) is 7.85. The molecule has 0 aliphatic heterocycles. The molecule has 1 aromatic heterocycles. The molecule has 1 heterocycles. The zero-order valence-corrected chi connectivity index (χ0v) is 13.1. The summed E-state index contributed by atoms with van der Waals surface area (Å²) >= 11 is 0.875. The summed E-state index contributed by atoms with van der Waals surface area (Å²) in [7, 11) is -3.53. The first kappa shape index (κ1) is 16.3. The van der Waals surface area contributed by atoms with Crippen molar-refractivity contribution in [2.24, 2.45) is 5.92 Å². The Morgan fingerprint density at radius 2 is 1.89 bits per heavy atom. The first-order valence-electron chi connectivity index (χ1n) is 6.50. The number of unbranched alkanes of at least 4 members (excludes halogenated alkanes) is 3. The van der Waals surface area contributed by atoms with Crippen molar-refractivity contribution in [2.75, 3.05) is 12.3 Å². The van der Waals surface area contributed by atoms with Crippen molar-refractivity contribution in [2.45, 2.75) is 50.3 Å². The van der Waals surface area contributed by atoms with E-state index in [4.69, 9.17) is 5.73 Å². The predicted octanol–water partition coefficient (Wildman–Crippen LogP) is 2.01. The van der Waals surface area contributed by atoms with E-state index in [2.05, 4.69) is 28.8 Å². The van der Waals surface area contributed by atoms with E-state index in [-0.39, 0.29) is 9.47 Å². The molecule has 0 spiro atoms. The summed E-state index contributed by atoms with van der Waals surface area (Å²) in [6.45, 7) is 4.85. The quantitative estimate of drug-likeness (QED) is 0.680. The van der Waals surface area contributed by atoms with Crippen LogP contribution < -0.4 is 10.5 Å². The van der Waals surface area contributed by atoms with Crippen molar-refractivity contribution in [1.29, 1.82) is 0 Å². The Balaban J connectivity index is 2.19. The Bertz CT molecular complexity index is 471. The molecule has 1 rings (SSSR count). The summed E-state index contributed by atoms with van der Waals surface area (Å²) in [6, 6.07) is 0. The van der Waals surface area contributed by atoms with Crippen LogP contribution in [0.4, 0.5) is 5.13 Å². The lowest BCUT2D eigenvalue weighted by molar-refractivity contribution is 0.517. The molecule has 8 heteroatoms. The van der Waals surface area contributed by atoms with Crippen LogP contribution in [0.2, 0.25) is 0 Å². The van der Waals surface area contributed by atoms with Gasteiger partial charge in [0.05, 0.1) is 0 Å². The van der Waals surface area contributed by atoms with E-state index in [1.165, 1.54) is 12.8 Å². The molecule has 19 heavy (non-hydrogen) atoms. The molecule has 0 aromatic carbocycles. The number of sulfonamides is 1. The fourth-order valence-corrected chi connectivity index (χ4v) is 3.53. The first-order chi connectivity index (χ1) is 8.92. The summed E-state index contributed by atoms with van der Waals surface area (Å²) in [6.07, 6.45) is 5.46. The van der Waals surface area contributed by atoms with Gasteiger partial charge in [0.15, 0.2) is 0 Å². The van der Waals surface area contributed by atoms with E-state index >= 15 is 0 Å². The fourth-order valence-electron chi connectivity index (χ4n) is 1.63. The number of hydrogen-bond acceptors (Lipinski definition) is 6. The van der Waals surface area contributed by atoms with Gasteiger partial charge in [-0.3, -0.25) is 0 Å². The molecule has 0 saturated heterocycles. The van der Waals surface area contributed by atoms with E-state index in [1.54, 1.807) is 0 Å². The van der Waals surface area contributed by atoms with E-state index in [0.717, 1.165) is 36.5 Å². The standard InChI is InChI=1S/C11H22N4O2S2/c1-9(2)7-5-3-4-6-8-13-19(16,17)11-15-14-10(12)18-11/h9,13H,3-8H2,1-2H3,(H2,12,14). The van der Waals surface area contributed by atoms with Crippen molar-refractivity contribution in [3.63, 3.8) is 0 Å². The number of nitrogens with zero attached hydrogens (tertiary/aromatic N) is 2. The maximum absolute atomic E-state index is 11.8. The Labute approximate surface area is 118 Å². The molecule has 0 aliphatic rings. The number of nitrogens with two attached hydrogens (primary N) is 1. The number of anilines is 1. The smallest absolute Gasteiger partial charge is 0.269 e. The minimum Gasteiger partial charge on any atom is -0.374 e. The molecule has 3 N–H and O–H groups in total. The third kappa shape index (κ3) is 6.31. The first-order valence-corrected chi connectivity index (χ1v) is 8.80. The summed E-state index contributed by atoms with van der Waals surface area (Å²) in [5, 5.41) is 7.18. The lowest BCUT2D eigenvalue weighted by Gasteiger charge is -2.05. The number of hydrogen-bond donors (Lipinski definition) is 2. The van der Waals surface area contributed by atoms with E-state index in [1.807, 2.05) is 0 Å². The van der Waals surface area contributed by atoms with Crippen LogP contribution in [-0.2, 0) is 10.0 Å². The van der Waals surface area contributed by atoms with Crippen molar-refractivity contribution < 1.29 is 8.42 Å². The largest absolute Gasteiger partial charge is 0.374 e. The molecule has 0 aliphatic carbocycles. The van der Waals surface area contributed by atoms with Gasteiger partial charge in [-0.2, -0.15) is 0 Å². The fraction of sp³-hybridized carbons (Fsp3) is 0.818. The Hall–Kier alpha value is -0.730. The minimum absolute atomic E-state index is 0.0650. The van der Waals surface area contributed by atoms with Crippen LogP contribution in [-0.4, -0.2) is 25.2 Å². The van der Waals surface area contributed by atoms with Crippen molar-refractivity contribution in [3.8, 4) is 0 Å². The molecular weight excluding hydrogens is 284 g/mol. The monoisotopic (exact) mass is 306 g/mol. The van der Waals surface area contributed by atoms with Crippen molar-refractivity contribution in [1.82, 2.24) is 14.9 Å². The second-order valence-electron chi connectivity index (χ2n) is 4.90. The highest BCUT2D eigenvalue weighted by Crippen LogP contribution is 2.16. The molecule has 0 fully saturated rings. The second kappa shape index (κ2) is 7.76. The van der Waals surface area contributed by atoms with Gasteiger partial charge < -0.3 is 5.73 Å². The highest BCUT2D eigenvalue weighted by molar-refractivity contribution is 7.91. The van der Waals surface area contributed by atoms with Crippen LogP contribution >= 0.6 is 11.3 Å². The molecule has 1 aromatic rings. The molecular formula is C11H22N4O2S2. The lowest BCUT2D eigenvalue weighted by atomic mass is 10.0. The van der Waals surface area contributed by atoms with Crippen LogP contribution in [0.5, 0.6) is 0 Å². The summed E-state index contributed by atoms with van der Waals surface area (Å²) in [4.78, 5) is 0. The summed E-state index contributed by atoms with van der Waals surface area (Å²) in [5.41, 5.74) is 5.36. The van der Waals surface area contributed by atoms with E-state index in [9.17, 15) is 8.42 Å². The van der Waals surface area contributed by atoms with Gasteiger partial charge in [-0.15, -0.1) is 10.2 Å². The molecule has 110 valence electrons. The van der Waals surface area contributed by atoms with E-state index in [0.29, 0.717) is 6.54 Å². The van der Waals surface area contributed by atoms with Crippen LogP contribution in [0, 0.1) is 5.92 Å². The van der Waals surface area contributed by atoms with Gasteiger partial charge in [0.2, 0.25) is 9.47 Å². The van der Waals surface area contributed by atoms with Gasteiger partial charge in [-0.25, -0.2) is 13.1 Å². The van der Waals surface area contributed by atoms with Crippen molar-refractivity contribution in [3.05, 3.63) is 0 Å². The third-order valence-electron chi connectivity index (χ3n) is 2.65. The Kier molecular flexibility index (Phi) is 6.67. The summed E-state index contributed by atoms with van der Waals surface area (Å²) in [5.74, 6) is 0.737. The number of nitrogen functional groups attached to an aromatic ring is 1. The molecule has 0 amide bonds. The topological polar surface area (TPSA) is 98.0 Å². The summed E-state index contributed by atoms with van der Waals surface area (Å²) < 4.78 is 26.0. The van der Waals surface area contributed by atoms with Gasteiger partial charge >= 0.3 is 0 Å². The van der Waals surface area contributed by atoms with Gasteiger partial charge in [-0.05, 0) is 12.3 Å². The maximum Gasteiger partial charge on any atom is 0.269 e. The zero-order valence-electron chi connectivity index (χ0n) is 11.4. The molecule has 0 saturated carbocycles. The average Bonchev–Trinajstić information content (AvgIpc) is 2.75. The highest BCUT2D eigenvalue weighted by atomic mass is 32.2. The molecule has 6 nitrogen and oxygen atoms in total. The van der Waals surface area contributed by atoms with Crippen LogP contribution in [0.15, 0.2) is 4.34 Å². The molecule has 0 unspecified atom stereocenters. The van der Waals surface area contributed by atoms with Crippen LogP contribution in [0.3, 0.4) is 0 Å². The van der Waals surface area contributed by atoms with Gasteiger partial charge in [0, 0.05) is 6.54 Å².